The van der Waals surface area contributed by atoms with E-state index >= 15 is 0 Å². The van der Waals surface area contributed by atoms with E-state index < -0.39 is 0 Å². The zero-order valence-electron chi connectivity index (χ0n) is 11.6. The van der Waals surface area contributed by atoms with E-state index in [4.69, 9.17) is 5.73 Å². The maximum atomic E-state index is 12.3. The lowest BCUT2D eigenvalue weighted by Gasteiger charge is -2.08. The monoisotopic (exact) mass is 362 g/mol. The molecule has 0 atom stereocenters. The van der Waals surface area contributed by atoms with Gasteiger partial charge in [-0.1, -0.05) is 17.9 Å². The summed E-state index contributed by atoms with van der Waals surface area (Å²) in [5, 5.41) is 2.93. The molecule has 2 rings (SSSR count). The highest BCUT2D eigenvalue weighted by Crippen LogP contribution is 2.22. The van der Waals surface area contributed by atoms with Crippen molar-refractivity contribution in [1.29, 1.82) is 0 Å². The van der Waals surface area contributed by atoms with Crippen LogP contribution < -0.4 is 11.1 Å². The number of nitrogens with one attached hydrogen (secondary N) is 1. The molecule has 0 spiro atoms. The van der Waals surface area contributed by atoms with Crippen molar-refractivity contribution in [3.63, 3.8) is 0 Å². The van der Waals surface area contributed by atoms with Crippen LogP contribution in [0.2, 0.25) is 0 Å². The first kappa shape index (κ1) is 15.8. The maximum Gasteiger partial charge on any atom is 0.251 e. The van der Waals surface area contributed by atoms with Gasteiger partial charge in [0.2, 0.25) is 0 Å². The number of benzene rings is 1. The van der Waals surface area contributed by atoms with Gasteiger partial charge in [0.05, 0.1) is 16.9 Å². The van der Waals surface area contributed by atoms with Crippen LogP contribution in [0.3, 0.4) is 0 Å². The summed E-state index contributed by atoms with van der Waals surface area (Å²) in [5.74, 6) is 5.71. The fourth-order valence-electron chi connectivity index (χ4n) is 1.87. The highest BCUT2D eigenvalue weighted by atomic mass is 79.9. The third-order valence-corrected chi connectivity index (χ3v) is 4.58. The van der Waals surface area contributed by atoms with Gasteiger partial charge in [-0.25, -0.2) is 0 Å². The highest BCUT2D eigenvalue weighted by molar-refractivity contribution is 9.11. The van der Waals surface area contributed by atoms with Gasteiger partial charge >= 0.3 is 0 Å². The van der Waals surface area contributed by atoms with Crippen LogP contribution >= 0.6 is 27.3 Å². The highest BCUT2D eigenvalue weighted by Gasteiger charge is 2.11. The summed E-state index contributed by atoms with van der Waals surface area (Å²) in [5.41, 5.74) is 7.75. The van der Waals surface area contributed by atoms with Gasteiger partial charge in [0.15, 0.2) is 0 Å². The van der Waals surface area contributed by atoms with Crippen molar-refractivity contribution in [2.75, 3.05) is 6.54 Å². The lowest BCUT2D eigenvalue weighted by atomic mass is 10.0. The summed E-state index contributed by atoms with van der Waals surface area (Å²) in [6.07, 6.45) is 0. The first-order valence-electron chi connectivity index (χ1n) is 6.42. The number of amides is 1. The van der Waals surface area contributed by atoms with Crippen LogP contribution in [0.4, 0.5) is 0 Å². The molecule has 0 unspecified atom stereocenters. The number of halogens is 1. The minimum atomic E-state index is -0.0894. The van der Waals surface area contributed by atoms with E-state index in [-0.39, 0.29) is 5.91 Å². The van der Waals surface area contributed by atoms with Crippen LogP contribution in [-0.4, -0.2) is 12.5 Å². The molecule has 21 heavy (non-hydrogen) atoms. The number of rotatable bonds is 3. The zero-order chi connectivity index (χ0) is 15.2. The molecule has 1 aromatic heterocycles. The smallest absolute Gasteiger partial charge is 0.251 e. The molecule has 1 aromatic carbocycles. The zero-order valence-corrected chi connectivity index (χ0v) is 14.0. The van der Waals surface area contributed by atoms with Crippen molar-refractivity contribution in [2.24, 2.45) is 5.73 Å². The van der Waals surface area contributed by atoms with Crippen molar-refractivity contribution in [3.05, 3.63) is 55.7 Å². The van der Waals surface area contributed by atoms with E-state index in [0.717, 1.165) is 19.8 Å². The summed E-state index contributed by atoms with van der Waals surface area (Å²) < 4.78 is 1.06. The Morgan fingerprint density at radius 1 is 1.38 bits per heavy atom. The topological polar surface area (TPSA) is 55.1 Å². The normalized spacial score (nSPS) is 9.86. The van der Waals surface area contributed by atoms with Crippen LogP contribution in [0.15, 0.2) is 34.1 Å². The molecule has 108 valence electrons. The average molecular weight is 363 g/mol. The van der Waals surface area contributed by atoms with Gasteiger partial charge in [-0.05, 0) is 52.7 Å². The molecule has 0 saturated carbocycles. The predicted molar refractivity (Wildman–Crippen MR) is 90.3 cm³/mol. The first-order valence-corrected chi connectivity index (χ1v) is 8.03. The Bertz CT molecular complexity index is 713. The summed E-state index contributed by atoms with van der Waals surface area (Å²) >= 11 is 5.02. The number of thiophene rings is 1. The van der Waals surface area contributed by atoms with Crippen LogP contribution in [0.25, 0.3) is 0 Å². The van der Waals surface area contributed by atoms with Gasteiger partial charge in [0.1, 0.15) is 0 Å². The molecule has 0 aliphatic heterocycles. The van der Waals surface area contributed by atoms with E-state index in [9.17, 15) is 4.79 Å². The molecule has 1 amide bonds. The Hall–Kier alpha value is -1.61. The summed E-state index contributed by atoms with van der Waals surface area (Å²) in [4.78, 5) is 13.4. The Labute approximate surface area is 136 Å². The maximum absolute atomic E-state index is 12.3. The molecule has 0 saturated heterocycles. The quantitative estimate of drug-likeness (QED) is 0.824. The van der Waals surface area contributed by atoms with E-state index in [1.165, 1.54) is 0 Å². The Morgan fingerprint density at radius 3 is 2.86 bits per heavy atom. The third-order valence-electron chi connectivity index (χ3n) is 2.96. The fraction of sp³-hybridized carbons (Fsp3) is 0.188. The summed E-state index contributed by atoms with van der Waals surface area (Å²) in [7, 11) is 0. The predicted octanol–water partition coefficient (Wildman–Crippen LogP) is 3.06. The van der Waals surface area contributed by atoms with Gasteiger partial charge in [-0.3, -0.25) is 4.79 Å². The van der Waals surface area contributed by atoms with E-state index in [0.29, 0.717) is 18.7 Å². The number of carbonyl (C=O) groups is 1. The molecular weight excluding hydrogens is 348 g/mol. The lowest BCUT2D eigenvalue weighted by molar-refractivity contribution is 0.0950. The standard InChI is InChI=1S/C16H15BrN2OS/c1-11-12(5-3-9-18)4-2-6-14(11)16(20)19-10-13-7-8-15(17)21-13/h2,4,6-8H,9-10,18H2,1H3,(H,19,20). The van der Waals surface area contributed by atoms with Crippen molar-refractivity contribution >= 4 is 33.2 Å². The van der Waals surface area contributed by atoms with E-state index in [1.54, 1.807) is 11.3 Å². The molecular formula is C16H15BrN2OS. The first-order chi connectivity index (χ1) is 10.1. The van der Waals surface area contributed by atoms with Crippen LogP contribution in [0.1, 0.15) is 26.4 Å². The number of nitrogens with two attached hydrogens (primary N) is 1. The minimum absolute atomic E-state index is 0.0894. The Kier molecular flexibility index (Phi) is 5.57. The van der Waals surface area contributed by atoms with Crippen LogP contribution in [-0.2, 0) is 6.54 Å². The molecule has 0 aliphatic rings. The van der Waals surface area contributed by atoms with Gasteiger partial charge < -0.3 is 11.1 Å². The van der Waals surface area contributed by atoms with Gasteiger partial charge in [0.25, 0.3) is 5.91 Å². The second-order valence-corrected chi connectivity index (χ2v) is 6.92. The second kappa shape index (κ2) is 7.41. The van der Waals surface area contributed by atoms with Gasteiger partial charge in [0, 0.05) is 16.0 Å². The average Bonchev–Trinajstić information content (AvgIpc) is 2.89. The SMILES string of the molecule is Cc1c(C#CCN)cccc1C(=O)NCc1ccc(Br)s1. The molecule has 0 aliphatic carbocycles. The van der Waals surface area contributed by atoms with Crippen molar-refractivity contribution in [3.8, 4) is 11.8 Å². The third kappa shape index (κ3) is 4.18. The second-order valence-electron chi connectivity index (χ2n) is 4.37. The molecule has 2 aromatic rings. The molecule has 5 heteroatoms. The lowest BCUT2D eigenvalue weighted by Crippen LogP contribution is -2.23. The van der Waals surface area contributed by atoms with Crippen molar-refractivity contribution < 1.29 is 4.79 Å². The van der Waals surface area contributed by atoms with Gasteiger partial charge in [-0.2, -0.15) is 0 Å². The molecule has 0 radical (unpaired) electrons. The Morgan fingerprint density at radius 2 is 2.19 bits per heavy atom. The Balaban J connectivity index is 2.12. The van der Waals surface area contributed by atoms with Crippen molar-refractivity contribution in [2.45, 2.75) is 13.5 Å². The minimum Gasteiger partial charge on any atom is -0.347 e. The number of hydrogen-bond donors (Lipinski definition) is 2. The molecule has 0 fully saturated rings. The molecule has 0 bridgehead atoms. The largest absolute Gasteiger partial charge is 0.347 e. The van der Waals surface area contributed by atoms with Crippen molar-refractivity contribution in [1.82, 2.24) is 5.32 Å². The van der Waals surface area contributed by atoms with E-state index in [1.807, 2.05) is 37.3 Å². The molecule has 3 N–H and O–H groups in total. The van der Waals surface area contributed by atoms with Gasteiger partial charge in [-0.15, -0.1) is 11.3 Å². The van der Waals surface area contributed by atoms with Crippen LogP contribution in [0.5, 0.6) is 0 Å². The number of carbonyl (C=O) groups excluding carboxylic acids is 1. The van der Waals surface area contributed by atoms with E-state index in [2.05, 4.69) is 33.1 Å². The van der Waals surface area contributed by atoms with Crippen LogP contribution in [0, 0.1) is 18.8 Å². The molecule has 3 nitrogen and oxygen atoms in total. The number of hydrogen-bond acceptors (Lipinski definition) is 3. The fourth-order valence-corrected chi connectivity index (χ4v) is 3.30. The molecule has 1 heterocycles. The summed E-state index contributed by atoms with van der Waals surface area (Å²) in [6.45, 7) is 2.73. The summed E-state index contributed by atoms with van der Waals surface area (Å²) in [6, 6.07) is 9.50.